The molecule has 0 saturated heterocycles. The molecule has 11 rings (SSSR count). The van der Waals surface area contributed by atoms with Crippen LogP contribution in [0.5, 0.6) is 0 Å². The van der Waals surface area contributed by atoms with Crippen molar-refractivity contribution in [3.63, 3.8) is 0 Å². The molecule has 11 aromatic rings. The number of furan rings is 1. The van der Waals surface area contributed by atoms with E-state index in [-0.39, 0.29) is 0 Å². The van der Waals surface area contributed by atoms with Gasteiger partial charge in [-0.05, 0) is 35.0 Å². The molecule has 0 bridgehead atoms. The van der Waals surface area contributed by atoms with Crippen molar-refractivity contribution in [1.82, 2.24) is 19.5 Å². The SMILES string of the molecule is c1ccc(-c2nc(-c3ccccc3)nc(-c3c(-n4c5ccccc5c5cc6ccccc6cc54)c4ccccc4c4oc5ccccc5c34)n2)cc1. The van der Waals surface area contributed by atoms with Crippen LogP contribution < -0.4 is 0 Å². The average molecular weight is 665 g/mol. The molecule has 0 saturated carbocycles. The van der Waals surface area contributed by atoms with Gasteiger partial charge in [0.1, 0.15) is 11.2 Å². The predicted octanol–water partition coefficient (Wildman–Crippen LogP) is 12.2. The monoisotopic (exact) mass is 664 g/mol. The molecule has 0 N–H and O–H groups in total. The zero-order valence-electron chi connectivity index (χ0n) is 27.9. The molecule has 3 heterocycles. The number of hydrogen-bond donors (Lipinski definition) is 0. The molecule has 5 heteroatoms. The fourth-order valence-corrected chi connectivity index (χ4v) is 7.89. The lowest BCUT2D eigenvalue weighted by Crippen LogP contribution is -2.05. The molecule has 8 aromatic carbocycles. The third-order valence-corrected chi connectivity index (χ3v) is 10.2. The van der Waals surface area contributed by atoms with Gasteiger partial charge in [-0.1, -0.05) is 146 Å². The fourth-order valence-electron chi connectivity index (χ4n) is 7.89. The molecule has 0 atom stereocenters. The third kappa shape index (κ3) is 4.26. The molecule has 242 valence electrons. The van der Waals surface area contributed by atoms with Crippen molar-refractivity contribution in [2.75, 3.05) is 0 Å². The minimum absolute atomic E-state index is 0.580. The van der Waals surface area contributed by atoms with Crippen LogP contribution in [-0.2, 0) is 0 Å². The number of rotatable bonds is 4. The van der Waals surface area contributed by atoms with E-state index in [4.69, 9.17) is 19.4 Å². The lowest BCUT2D eigenvalue weighted by atomic mass is 9.96. The Morgan fingerprint density at radius 3 is 1.65 bits per heavy atom. The van der Waals surface area contributed by atoms with Gasteiger partial charge in [-0.3, -0.25) is 0 Å². The molecule has 0 fully saturated rings. The van der Waals surface area contributed by atoms with Gasteiger partial charge in [0.05, 0.1) is 22.3 Å². The second-order valence-corrected chi connectivity index (χ2v) is 13.2. The Morgan fingerprint density at radius 2 is 0.942 bits per heavy atom. The molecule has 0 aliphatic carbocycles. The van der Waals surface area contributed by atoms with E-state index in [1.807, 2.05) is 48.5 Å². The van der Waals surface area contributed by atoms with Gasteiger partial charge < -0.3 is 8.98 Å². The Labute approximate surface area is 298 Å². The number of para-hydroxylation sites is 2. The summed E-state index contributed by atoms with van der Waals surface area (Å²) in [7, 11) is 0. The van der Waals surface area contributed by atoms with Crippen LogP contribution >= 0.6 is 0 Å². The summed E-state index contributed by atoms with van der Waals surface area (Å²) < 4.78 is 9.20. The first-order valence-electron chi connectivity index (χ1n) is 17.5. The molecule has 52 heavy (non-hydrogen) atoms. The molecule has 3 aromatic heterocycles. The lowest BCUT2D eigenvalue weighted by molar-refractivity contribution is 0.672. The van der Waals surface area contributed by atoms with Crippen molar-refractivity contribution in [1.29, 1.82) is 0 Å². The second kappa shape index (κ2) is 11.2. The van der Waals surface area contributed by atoms with E-state index >= 15 is 0 Å². The summed E-state index contributed by atoms with van der Waals surface area (Å²) in [5.41, 5.74) is 7.57. The van der Waals surface area contributed by atoms with Crippen LogP contribution in [0.4, 0.5) is 0 Å². The van der Waals surface area contributed by atoms with Crippen molar-refractivity contribution < 1.29 is 4.42 Å². The number of benzene rings is 8. The largest absolute Gasteiger partial charge is 0.455 e. The van der Waals surface area contributed by atoms with E-state index in [9.17, 15) is 0 Å². The molecule has 0 unspecified atom stereocenters. The fraction of sp³-hybridized carbons (Fsp3) is 0. The molecule has 0 spiro atoms. The number of aromatic nitrogens is 4. The standard InChI is InChI=1S/C47H28N4O/c1-3-15-29(16-4-1)45-48-46(30-17-5-2-6-18-30)50-47(49-45)42-41-36-24-12-14-26-40(36)52-44(41)35-23-10-9-22-34(35)43(42)51-38-25-13-11-21-33(38)37-27-31-19-7-8-20-32(31)28-39(37)51/h1-28H. The molecule has 0 amide bonds. The molecule has 5 nitrogen and oxygen atoms in total. The summed E-state index contributed by atoms with van der Waals surface area (Å²) in [6.45, 7) is 0. The Balaban J connectivity index is 1.39. The number of nitrogens with zero attached hydrogens (tertiary/aromatic N) is 4. The van der Waals surface area contributed by atoms with Crippen molar-refractivity contribution >= 4 is 65.3 Å². The molecule has 0 aliphatic heterocycles. The second-order valence-electron chi connectivity index (χ2n) is 13.2. The minimum atomic E-state index is 0.580. The smallest absolute Gasteiger partial charge is 0.167 e. The van der Waals surface area contributed by atoms with Gasteiger partial charge in [0, 0.05) is 43.4 Å². The quantitative estimate of drug-likeness (QED) is 0.188. The minimum Gasteiger partial charge on any atom is -0.455 e. The molecule has 0 radical (unpaired) electrons. The van der Waals surface area contributed by atoms with Crippen LogP contribution in [0, 0.1) is 0 Å². The van der Waals surface area contributed by atoms with Crippen molar-refractivity contribution in [2.45, 2.75) is 0 Å². The Kier molecular flexibility index (Phi) is 6.18. The van der Waals surface area contributed by atoms with E-state index < -0.39 is 0 Å². The summed E-state index contributed by atoms with van der Waals surface area (Å²) in [6, 6.07) is 59.0. The van der Waals surface area contributed by atoms with E-state index in [0.29, 0.717) is 17.5 Å². The van der Waals surface area contributed by atoms with Crippen molar-refractivity contribution in [2.24, 2.45) is 0 Å². The van der Waals surface area contributed by atoms with Crippen LogP contribution in [0.25, 0.3) is 105 Å². The van der Waals surface area contributed by atoms with Gasteiger partial charge in [-0.25, -0.2) is 15.0 Å². The highest BCUT2D eigenvalue weighted by Crippen LogP contribution is 2.47. The van der Waals surface area contributed by atoms with Gasteiger partial charge in [0.2, 0.25) is 0 Å². The average Bonchev–Trinajstić information content (AvgIpc) is 3.76. The Morgan fingerprint density at radius 1 is 0.404 bits per heavy atom. The summed E-state index contributed by atoms with van der Waals surface area (Å²) in [4.78, 5) is 15.8. The zero-order valence-corrected chi connectivity index (χ0v) is 27.9. The maximum absolute atomic E-state index is 6.78. The van der Waals surface area contributed by atoms with Crippen LogP contribution in [0.1, 0.15) is 0 Å². The Hall–Kier alpha value is -7.11. The number of hydrogen-bond acceptors (Lipinski definition) is 4. The highest BCUT2D eigenvalue weighted by atomic mass is 16.3. The van der Waals surface area contributed by atoms with Gasteiger partial charge in [0.15, 0.2) is 17.5 Å². The first-order chi connectivity index (χ1) is 25.8. The lowest BCUT2D eigenvalue weighted by Gasteiger charge is -2.19. The summed E-state index contributed by atoms with van der Waals surface area (Å²) in [6.07, 6.45) is 0. The maximum atomic E-state index is 6.78. The maximum Gasteiger partial charge on any atom is 0.167 e. The molecule has 0 aliphatic rings. The van der Waals surface area contributed by atoms with Crippen molar-refractivity contribution in [3.05, 3.63) is 170 Å². The van der Waals surface area contributed by atoms with E-state index in [0.717, 1.165) is 66.1 Å². The zero-order chi connectivity index (χ0) is 34.2. The number of fused-ring (bicyclic) bond motifs is 9. The van der Waals surface area contributed by atoms with Gasteiger partial charge in [0.25, 0.3) is 0 Å². The van der Waals surface area contributed by atoms with Gasteiger partial charge in [-0.15, -0.1) is 0 Å². The van der Waals surface area contributed by atoms with Crippen LogP contribution in [0.15, 0.2) is 174 Å². The molecular weight excluding hydrogens is 637 g/mol. The van der Waals surface area contributed by atoms with Gasteiger partial charge >= 0.3 is 0 Å². The summed E-state index contributed by atoms with van der Waals surface area (Å²) in [5.74, 6) is 1.80. The van der Waals surface area contributed by atoms with E-state index in [1.54, 1.807) is 0 Å². The highest BCUT2D eigenvalue weighted by molar-refractivity contribution is 6.26. The topological polar surface area (TPSA) is 56.7 Å². The predicted molar refractivity (Wildman–Crippen MR) is 213 cm³/mol. The van der Waals surface area contributed by atoms with Crippen LogP contribution in [0.2, 0.25) is 0 Å². The molecular formula is C47H28N4O. The van der Waals surface area contributed by atoms with Gasteiger partial charge in [-0.2, -0.15) is 0 Å². The normalized spacial score (nSPS) is 11.8. The van der Waals surface area contributed by atoms with E-state index in [1.165, 1.54) is 21.5 Å². The Bertz CT molecular complexity index is 3120. The van der Waals surface area contributed by atoms with E-state index in [2.05, 4.69) is 126 Å². The van der Waals surface area contributed by atoms with Crippen molar-refractivity contribution in [3.8, 4) is 39.9 Å². The third-order valence-electron chi connectivity index (χ3n) is 10.2. The summed E-state index contributed by atoms with van der Waals surface area (Å²) in [5, 5.41) is 8.80. The highest BCUT2D eigenvalue weighted by Gasteiger charge is 2.27. The van der Waals surface area contributed by atoms with Crippen LogP contribution in [-0.4, -0.2) is 19.5 Å². The first kappa shape index (κ1) is 28.7. The van der Waals surface area contributed by atoms with Crippen LogP contribution in [0.3, 0.4) is 0 Å². The summed E-state index contributed by atoms with van der Waals surface area (Å²) >= 11 is 0. The first-order valence-corrected chi connectivity index (χ1v) is 17.5.